The van der Waals surface area contributed by atoms with Gasteiger partial charge in [0.2, 0.25) is 10.0 Å². The van der Waals surface area contributed by atoms with Crippen molar-refractivity contribution in [3.8, 4) is 11.4 Å². The minimum absolute atomic E-state index is 0.0614. The van der Waals surface area contributed by atoms with Crippen molar-refractivity contribution in [1.29, 1.82) is 0 Å². The summed E-state index contributed by atoms with van der Waals surface area (Å²) >= 11 is 0. The van der Waals surface area contributed by atoms with Gasteiger partial charge in [-0.25, -0.2) is 12.8 Å². The van der Waals surface area contributed by atoms with Crippen LogP contribution in [0.15, 0.2) is 41.3 Å². The maximum atomic E-state index is 14.3. The van der Waals surface area contributed by atoms with E-state index >= 15 is 0 Å². The largest absolute Gasteiger partial charge is 0.495 e. The van der Waals surface area contributed by atoms with Crippen molar-refractivity contribution in [3.05, 3.63) is 53.6 Å². The molecule has 1 aromatic heterocycles. The summed E-state index contributed by atoms with van der Waals surface area (Å²) in [5.41, 5.74) is 0.488. The standard InChI is InChI=1S/C22H25FN6O4S/c1-15-25-26-27-29(15)19-14-17(8-9-18(19)23)24-22(30)16-7-10-20(33-2)21(13-16)34(31,32)28-11-5-3-4-6-12-28/h7-10,13-14H,3-6,11-12H2,1-2H3,(H,24,30). The molecule has 0 atom stereocenters. The van der Waals surface area contributed by atoms with Crippen LogP contribution in [0.25, 0.3) is 5.69 Å². The number of halogens is 1. The zero-order valence-electron chi connectivity index (χ0n) is 18.9. The first-order valence-electron chi connectivity index (χ1n) is 10.9. The number of aromatic nitrogens is 4. The molecule has 1 aliphatic rings. The molecule has 1 aliphatic heterocycles. The summed E-state index contributed by atoms with van der Waals surface area (Å²) in [6.07, 6.45) is 3.54. The third-order valence-corrected chi connectivity index (χ3v) is 7.59. The van der Waals surface area contributed by atoms with E-state index < -0.39 is 21.7 Å². The molecule has 1 amide bonds. The Hall–Kier alpha value is -3.38. The van der Waals surface area contributed by atoms with E-state index in [0.29, 0.717) is 24.6 Å². The lowest BCUT2D eigenvalue weighted by Crippen LogP contribution is -2.32. The van der Waals surface area contributed by atoms with E-state index in [-0.39, 0.29) is 21.9 Å². The Balaban J connectivity index is 1.63. The lowest BCUT2D eigenvalue weighted by Gasteiger charge is -2.21. The van der Waals surface area contributed by atoms with E-state index in [1.54, 1.807) is 6.92 Å². The molecule has 0 unspecified atom stereocenters. The molecule has 4 rings (SSSR count). The number of nitrogens with zero attached hydrogens (tertiary/aromatic N) is 5. The van der Waals surface area contributed by atoms with Crippen molar-refractivity contribution in [3.63, 3.8) is 0 Å². The van der Waals surface area contributed by atoms with Crippen LogP contribution in [0.5, 0.6) is 5.75 Å². The van der Waals surface area contributed by atoms with Crippen LogP contribution >= 0.6 is 0 Å². The minimum Gasteiger partial charge on any atom is -0.495 e. The molecule has 0 aliphatic carbocycles. The molecule has 3 aromatic rings. The monoisotopic (exact) mass is 488 g/mol. The number of hydrogen-bond donors (Lipinski definition) is 1. The van der Waals surface area contributed by atoms with E-state index in [4.69, 9.17) is 4.74 Å². The zero-order chi connectivity index (χ0) is 24.3. The van der Waals surface area contributed by atoms with Crippen LogP contribution in [0.4, 0.5) is 10.1 Å². The number of aryl methyl sites for hydroxylation is 1. The van der Waals surface area contributed by atoms with Crippen molar-refractivity contribution < 1.29 is 22.3 Å². The summed E-state index contributed by atoms with van der Waals surface area (Å²) in [7, 11) is -2.46. The van der Waals surface area contributed by atoms with Crippen molar-refractivity contribution >= 4 is 21.6 Å². The topological polar surface area (TPSA) is 119 Å². The predicted molar refractivity (Wildman–Crippen MR) is 122 cm³/mol. The number of rotatable bonds is 6. The molecule has 10 nitrogen and oxygen atoms in total. The molecule has 0 saturated carbocycles. The molecule has 12 heteroatoms. The summed E-state index contributed by atoms with van der Waals surface area (Å²) in [6, 6.07) is 8.23. The molecule has 1 saturated heterocycles. The Labute approximate surface area is 196 Å². The number of ether oxygens (including phenoxy) is 1. The van der Waals surface area contributed by atoms with Crippen LogP contribution in [-0.4, -0.2) is 59.0 Å². The quantitative estimate of drug-likeness (QED) is 0.567. The fourth-order valence-corrected chi connectivity index (χ4v) is 5.55. The highest BCUT2D eigenvalue weighted by Gasteiger charge is 2.29. The summed E-state index contributed by atoms with van der Waals surface area (Å²) in [6.45, 7) is 2.47. The molecule has 1 fully saturated rings. The van der Waals surface area contributed by atoms with Crippen molar-refractivity contribution in [1.82, 2.24) is 24.5 Å². The van der Waals surface area contributed by atoms with E-state index in [1.165, 1.54) is 52.5 Å². The number of anilines is 1. The van der Waals surface area contributed by atoms with Gasteiger partial charge in [0.15, 0.2) is 5.82 Å². The van der Waals surface area contributed by atoms with Gasteiger partial charge in [-0.2, -0.15) is 8.99 Å². The van der Waals surface area contributed by atoms with Crippen molar-refractivity contribution in [2.45, 2.75) is 37.5 Å². The van der Waals surface area contributed by atoms with Gasteiger partial charge in [-0.3, -0.25) is 4.79 Å². The van der Waals surface area contributed by atoms with Gasteiger partial charge in [-0.1, -0.05) is 12.8 Å². The van der Waals surface area contributed by atoms with Gasteiger partial charge in [-0.05, 0) is 66.6 Å². The highest BCUT2D eigenvalue weighted by molar-refractivity contribution is 7.89. The smallest absolute Gasteiger partial charge is 0.255 e. The lowest BCUT2D eigenvalue weighted by atomic mass is 10.2. The van der Waals surface area contributed by atoms with Gasteiger partial charge in [0.05, 0.1) is 7.11 Å². The number of amides is 1. The second-order valence-electron chi connectivity index (χ2n) is 7.94. The van der Waals surface area contributed by atoms with E-state index in [9.17, 15) is 17.6 Å². The highest BCUT2D eigenvalue weighted by atomic mass is 32.2. The Kier molecular flexibility index (Phi) is 6.89. The molecule has 0 bridgehead atoms. The minimum atomic E-state index is -3.85. The number of sulfonamides is 1. The zero-order valence-corrected chi connectivity index (χ0v) is 19.7. The van der Waals surface area contributed by atoms with Crippen LogP contribution in [0.3, 0.4) is 0 Å². The highest BCUT2D eigenvalue weighted by Crippen LogP contribution is 2.30. The van der Waals surface area contributed by atoms with Gasteiger partial charge in [0.1, 0.15) is 22.1 Å². The number of methoxy groups -OCH3 is 1. The number of nitrogens with one attached hydrogen (secondary N) is 1. The van der Waals surface area contributed by atoms with E-state index in [2.05, 4.69) is 20.8 Å². The second kappa shape index (κ2) is 9.85. The summed E-state index contributed by atoms with van der Waals surface area (Å²) in [5.74, 6) is -0.579. The average Bonchev–Trinajstić information content (AvgIpc) is 3.07. The van der Waals surface area contributed by atoms with Gasteiger partial charge in [0, 0.05) is 24.3 Å². The SMILES string of the molecule is COc1ccc(C(=O)Nc2ccc(F)c(-n3nnnc3C)c2)cc1S(=O)(=O)N1CCCCCC1. The molecule has 1 N–H and O–H groups in total. The van der Waals surface area contributed by atoms with Crippen LogP contribution in [0.1, 0.15) is 41.9 Å². The molecular formula is C22H25FN6O4S. The summed E-state index contributed by atoms with van der Waals surface area (Å²) in [5, 5.41) is 13.7. The second-order valence-corrected chi connectivity index (χ2v) is 9.85. The van der Waals surface area contributed by atoms with Gasteiger partial charge in [-0.15, -0.1) is 5.10 Å². The first-order chi connectivity index (χ1) is 16.3. The van der Waals surface area contributed by atoms with Crippen molar-refractivity contribution in [2.24, 2.45) is 0 Å². The van der Waals surface area contributed by atoms with E-state index in [0.717, 1.165) is 25.7 Å². The number of tetrazole rings is 1. The number of hydrogen-bond acceptors (Lipinski definition) is 7. The number of carbonyl (C=O) groups excluding carboxylic acids is 1. The average molecular weight is 489 g/mol. The fraction of sp³-hybridized carbons (Fsp3) is 0.364. The Morgan fingerprint density at radius 2 is 1.82 bits per heavy atom. The van der Waals surface area contributed by atoms with E-state index in [1.807, 2.05) is 0 Å². The summed E-state index contributed by atoms with van der Waals surface area (Å²) < 4.78 is 49.0. The molecule has 0 spiro atoms. The third kappa shape index (κ3) is 4.77. The van der Waals surface area contributed by atoms with Gasteiger partial charge < -0.3 is 10.1 Å². The normalized spacial score (nSPS) is 15.0. The van der Waals surface area contributed by atoms with Crippen LogP contribution in [-0.2, 0) is 10.0 Å². The maximum absolute atomic E-state index is 14.3. The first-order valence-corrected chi connectivity index (χ1v) is 12.3. The Morgan fingerprint density at radius 1 is 1.09 bits per heavy atom. The van der Waals surface area contributed by atoms with Gasteiger partial charge in [0.25, 0.3) is 5.91 Å². The molecular weight excluding hydrogens is 463 g/mol. The summed E-state index contributed by atoms with van der Waals surface area (Å²) in [4.78, 5) is 12.9. The van der Waals surface area contributed by atoms with Crippen LogP contribution < -0.4 is 10.1 Å². The fourth-order valence-electron chi connectivity index (χ4n) is 3.85. The molecule has 34 heavy (non-hydrogen) atoms. The molecule has 2 aromatic carbocycles. The first kappa shape index (κ1) is 23.8. The predicted octanol–water partition coefficient (Wildman–Crippen LogP) is 2.94. The number of benzene rings is 2. The molecule has 2 heterocycles. The Bertz CT molecular complexity index is 1300. The molecule has 0 radical (unpaired) electrons. The van der Waals surface area contributed by atoms with Crippen LogP contribution in [0.2, 0.25) is 0 Å². The third-order valence-electron chi connectivity index (χ3n) is 5.67. The molecule has 180 valence electrons. The Morgan fingerprint density at radius 3 is 2.47 bits per heavy atom. The van der Waals surface area contributed by atoms with Crippen molar-refractivity contribution in [2.75, 3.05) is 25.5 Å². The van der Waals surface area contributed by atoms with Gasteiger partial charge >= 0.3 is 0 Å². The van der Waals surface area contributed by atoms with Crippen LogP contribution in [0, 0.1) is 12.7 Å². The lowest BCUT2D eigenvalue weighted by molar-refractivity contribution is 0.102. The number of carbonyl (C=O) groups is 1. The maximum Gasteiger partial charge on any atom is 0.255 e.